The molecule has 1 saturated heterocycles. The Labute approximate surface area is 193 Å². The lowest BCUT2D eigenvalue weighted by atomic mass is 10.1. The predicted octanol–water partition coefficient (Wildman–Crippen LogP) is 3.74. The normalized spacial score (nSPS) is 16.7. The van der Waals surface area contributed by atoms with Gasteiger partial charge in [-0.25, -0.2) is 0 Å². The lowest BCUT2D eigenvalue weighted by Crippen LogP contribution is -2.38. The van der Waals surface area contributed by atoms with Gasteiger partial charge in [0.05, 0.1) is 0 Å². The summed E-state index contributed by atoms with van der Waals surface area (Å²) in [4.78, 5) is 7.27. The molecule has 154 valence electrons. The van der Waals surface area contributed by atoms with Gasteiger partial charge in [0.15, 0.2) is 5.96 Å². The summed E-state index contributed by atoms with van der Waals surface area (Å²) in [7, 11) is 0. The molecule has 0 amide bonds. The highest BCUT2D eigenvalue weighted by Gasteiger charge is 2.22. The molecule has 1 aromatic heterocycles. The SMILES string of the molecule is CCNC(=NCC1CCN(c2cccc(Br)c2)C1)NCCCn1cccn1.I. The third kappa shape index (κ3) is 7.27. The van der Waals surface area contributed by atoms with E-state index < -0.39 is 0 Å². The summed E-state index contributed by atoms with van der Waals surface area (Å²) in [6.07, 6.45) is 6.02. The zero-order valence-corrected chi connectivity index (χ0v) is 20.3. The number of benzene rings is 1. The zero-order valence-electron chi connectivity index (χ0n) is 16.4. The molecule has 28 heavy (non-hydrogen) atoms. The average molecular weight is 561 g/mol. The molecule has 0 saturated carbocycles. The first-order valence-corrected chi connectivity index (χ1v) is 10.5. The van der Waals surface area contributed by atoms with Crippen LogP contribution in [-0.4, -0.2) is 48.5 Å². The van der Waals surface area contributed by atoms with Gasteiger partial charge in [-0.05, 0) is 49.9 Å². The Morgan fingerprint density at radius 2 is 2.21 bits per heavy atom. The number of aryl methyl sites for hydroxylation is 1. The molecule has 0 bridgehead atoms. The predicted molar refractivity (Wildman–Crippen MR) is 131 cm³/mol. The van der Waals surface area contributed by atoms with Crippen molar-refractivity contribution in [3.8, 4) is 0 Å². The average Bonchev–Trinajstić information content (AvgIpc) is 3.35. The van der Waals surface area contributed by atoms with E-state index in [1.807, 2.05) is 23.1 Å². The summed E-state index contributed by atoms with van der Waals surface area (Å²) in [5, 5.41) is 11.0. The standard InChI is InChI=1S/C20H29BrN6.HI/c1-2-22-20(23-9-4-11-27-12-5-10-25-27)24-15-17-8-13-26(16-17)19-7-3-6-18(21)14-19;/h3,5-7,10,12,14,17H,2,4,8-9,11,13,15-16H2,1H3,(H2,22,23,24);1H. The van der Waals surface area contributed by atoms with Crippen LogP contribution < -0.4 is 15.5 Å². The van der Waals surface area contributed by atoms with Crippen LogP contribution in [0.5, 0.6) is 0 Å². The van der Waals surface area contributed by atoms with Crippen molar-refractivity contribution >= 4 is 51.6 Å². The monoisotopic (exact) mass is 560 g/mol. The highest BCUT2D eigenvalue weighted by molar-refractivity contribution is 14.0. The minimum atomic E-state index is 0. The fraction of sp³-hybridized carbons (Fsp3) is 0.500. The van der Waals surface area contributed by atoms with Crippen molar-refractivity contribution in [3.63, 3.8) is 0 Å². The van der Waals surface area contributed by atoms with Crippen molar-refractivity contribution in [2.75, 3.05) is 37.6 Å². The van der Waals surface area contributed by atoms with E-state index in [0.29, 0.717) is 5.92 Å². The van der Waals surface area contributed by atoms with Crippen molar-refractivity contribution in [3.05, 3.63) is 47.2 Å². The van der Waals surface area contributed by atoms with Gasteiger partial charge in [-0.15, -0.1) is 24.0 Å². The largest absolute Gasteiger partial charge is 0.371 e. The summed E-state index contributed by atoms with van der Waals surface area (Å²) in [5.41, 5.74) is 1.29. The first kappa shape index (κ1) is 23.0. The molecule has 8 heteroatoms. The molecule has 2 heterocycles. The Hall–Kier alpha value is -1.29. The van der Waals surface area contributed by atoms with Gasteiger partial charge in [-0.1, -0.05) is 22.0 Å². The molecule has 1 atom stereocenters. The van der Waals surface area contributed by atoms with Crippen molar-refractivity contribution in [2.24, 2.45) is 10.9 Å². The fourth-order valence-corrected chi connectivity index (χ4v) is 3.72. The Bertz CT molecular complexity index is 721. The Morgan fingerprint density at radius 3 is 2.96 bits per heavy atom. The van der Waals surface area contributed by atoms with E-state index in [0.717, 1.165) is 56.1 Å². The molecule has 3 rings (SSSR count). The van der Waals surface area contributed by atoms with Gasteiger partial charge in [0, 0.05) is 61.8 Å². The number of rotatable bonds is 8. The first-order valence-electron chi connectivity index (χ1n) is 9.74. The number of halogens is 2. The Morgan fingerprint density at radius 1 is 1.32 bits per heavy atom. The molecule has 1 aromatic carbocycles. The third-order valence-corrected chi connectivity index (χ3v) is 5.22. The van der Waals surface area contributed by atoms with Crippen molar-refractivity contribution in [1.29, 1.82) is 0 Å². The highest BCUT2D eigenvalue weighted by atomic mass is 127. The third-order valence-electron chi connectivity index (χ3n) is 4.73. The van der Waals surface area contributed by atoms with Crippen LogP contribution in [0.3, 0.4) is 0 Å². The number of hydrogen-bond acceptors (Lipinski definition) is 3. The van der Waals surface area contributed by atoms with E-state index in [2.05, 4.69) is 67.8 Å². The molecule has 1 aliphatic heterocycles. The summed E-state index contributed by atoms with van der Waals surface area (Å²) in [6, 6.07) is 10.5. The van der Waals surface area contributed by atoms with E-state index in [-0.39, 0.29) is 24.0 Å². The molecule has 0 radical (unpaired) electrons. The van der Waals surface area contributed by atoms with Gasteiger partial charge in [-0.3, -0.25) is 9.67 Å². The zero-order chi connectivity index (χ0) is 18.9. The fourth-order valence-electron chi connectivity index (χ4n) is 3.33. The molecule has 0 aliphatic carbocycles. The van der Waals surface area contributed by atoms with Crippen LogP contribution in [0.25, 0.3) is 0 Å². The van der Waals surface area contributed by atoms with Gasteiger partial charge in [0.2, 0.25) is 0 Å². The molecule has 2 aromatic rings. The van der Waals surface area contributed by atoms with Crippen LogP contribution in [-0.2, 0) is 6.54 Å². The lowest BCUT2D eigenvalue weighted by molar-refractivity contribution is 0.567. The molecular formula is C20H30BrIN6. The van der Waals surface area contributed by atoms with Gasteiger partial charge in [-0.2, -0.15) is 5.10 Å². The molecule has 0 spiro atoms. The van der Waals surface area contributed by atoms with Crippen LogP contribution in [0, 0.1) is 5.92 Å². The highest BCUT2D eigenvalue weighted by Crippen LogP contribution is 2.26. The van der Waals surface area contributed by atoms with Crippen LogP contribution in [0.15, 0.2) is 52.2 Å². The number of nitrogens with one attached hydrogen (secondary N) is 2. The molecule has 1 unspecified atom stereocenters. The van der Waals surface area contributed by atoms with E-state index in [4.69, 9.17) is 4.99 Å². The minimum Gasteiger partial charge on any atom is -0.371 e. The summed E-state index contributed by atoms with van der Waals surface area (Å²) >= 11 is 3.56. The lowest BCUT2D eigenvalue weighted by Gasteiger charge is -2.19. The quantitative estimate of drug-likeness (QED) is 0.223. The van der Waals surface area contributed by atoms with Crippen LogP contribution in [0.1, 0.15) is 19.8 Å². The maximum absolute atomic E-state index is 4.81. The Balaban J connectivity index is 0.00000280. The van der Waals surface area contributed by atoms with Crippen molar-refractivity contribution < 1.29 is 0 Å². The van der Waals surface area contributed by atoms with Gasteiger partial charge in [0.25, 0.3) is 0 Å². The molecular weight excluding hydrogens is 531 g/mol. The van der Waals surface area contributed by atoms with Crippen LogP contribution in [0.2, 0.25) is 0 Å². The number of anilines is 1. The maximum atomic E-state index is 4.81. The van der Waals surface area contributed by atoms with Crippen LogP contribution >= 0.6 is 39.9 Å². The van der Waals surface area contributed by atoms with Gasteiger partial charge in [0.1, 0.15) is 0 Å². The number of hydrogen-bond donors (Lipinski definition) is 2. The number of guanidine groups is 1. The van der Waals surface area contributed by atoms with Crippen LogP contribution in [0.4, 0.5) is 5.69 Å². The van der Waals surface area contributed by atoms with E-state index >= 15 is 0 Å². The van der Waals surface area contributed by atoms with E-state index in [1.54, 1.807) is 0 Å². The Kier molecular flexibility index (Phi) is 10.1. The summed E-state index contributed by atoms with van der Waals surface area (Å²) in [5.74, 6) is 1.52. The van der Waals surface area contributed by atoms with E-state index in [1.165, 1.54) is 12.1 Å². The van der Waals surface area contributed by atoms with Gasteiger partial charge < -0.3 is 15.5 Å². The first-order chi connectivity index (χ1) is 13.2. The maximum Gasteiger partial charge on any atom is 0.191 e. The molecule has 2 N–H and O–H groups in total. The van der Waals surface area contributed by atoms with Crippen molar-refractivity contribution in [2.45, 2.75) is 26.3 Å². The molecule has 6 nitrogen and oxygen atoms in total. The number of nitrogens with zero attached hydrogens (tertiary/aromatic N) is 4. The number of aliphatic imine (C=N–C) groups is 1. The smallest absolute Gasteiger partial charge is 0.191 e. The second kappa shape index (κ2) is 12.3. The summed E-state index contributed by atoms with van der Waals surface area (Å²) in [6.45, 7) is 7.82. The molecule has 1 fully saturated rings. The topological polar surface area (TPSA) is 57.5 Å². The second-order valence-corrected chi connectivity index (χ2v) is 7.77. The second-order valence-electron chi connectivity index (χ2n) is 6.85. The van der Waals surface area contributed by atoms with Crippen molar-refractivity contribution in [1.82, 2.24) is 20.4 Å². The van der Waals surface area contributed by atoms with E-state index in [9.17, 15) is 0 Å². The summed E-state index contributed by atoms with van der Waals surface area (Å²) < 4.78 is 3.09. The van der Waals surface area contributed by atoms with Gasteiger partial charge >= 0.3 is 0 Å². The molecule has 1 aliphatic rings. The number of aromatic nitrogens is 2. The minimum absolute atomic E-state index is 0.